The fraction of sp³-hybridized carbons (Fsp3) is 0.304. The number of hydrogen-bond acceptors (Lipinski definition) is 3. The molecule has 6 heteroatoms. The van der Waals surface area contributed by atoms with Crippen LogP contribution >= 0.6 is 0 Å². The SMILES string of the molecule is Cc1ccc2cc(N3CCC(Oc4ccc(OC(F)(F)F)cc4)CC3)ccc2c1. The molecule has 0 aliphatic carbocycles. The zero-order valence-corrected chi connectivity index (χ0v) is 16.1. The van der Waals surface area contributed by atoms with Gasteiger partial charge in [0.2, 0.25) is 0 Å². The van der Waals surface area contributed by atoms with Crippen LogP contribution in [0.2, 0.25) is 0 Å². The van der Waals surface area contributed by atoms with Crippen molar-refractivity contribution in [3.8, 4) is 11.5 Å². The van der Waals surface area contributed by atoms with Gasteiger partial charge in [-0.3, -0.25) is 0 Å². The van der Waals surface area contributed by atoms with Crippen LogP contribution in [0.3, 0.4) is 0 Å². The fourth-order valence-electron chi connectivity index (χ4n) is 3.69. The molecular formula is C23H22F3NO2. The molecule has 0 bridgehead atoms. The Morgan fingerprint density at radius 3 is 2.14 bits per heavy atom. The highest BCUT2D eigenvalue weighted by Gasteiger charge is 2.31. The van der Waals surface area contributed by atoms with Gasteiger partial charge in [0, 0.05) is 31.6 Å². The van der Waals surface area contributed by atoms with Crippen molar-refractivity contribution in [2.75, 3.05) is 18.0 Å². The maximum Gasteiger partial charge on any atom is 0.573 e. The number of aryl methyl sites for hydroxylation is 1. The monoisotopic (exact) mass is 401 g/mol. The highest BCUT2D eigenvalue weighted by molar-refractivity contribution is 5.86. The lowest BCUT2D eigenvalue weighted by atomic mass is 10.0. The van der Waals surface area contributed by atoms with E-state index in [-0.39, 0.29) is 11.9 Å². The minimum Gasteiger partial charge on any atom is -0.490 e. The highest BCUT2D eigenvalue weighted by atomic mass is 19.4. The second-order valence-electron chi connectivity index (χ2n) is 7.36. The predicted octanol–water partition coefficient (Wildman–Crippen LogP) is 6.09. The molecule has 29 heavy (non-hydrogen) atoms. The lowest BCUT2D eigenvalue weighted by Crippen LogP contribution is -2.38. The van der Waals surface area contributed by atoms with Gasteiger partial charge in [0.05, 0.1) is 0 Å². The number of anilines is 1. The van der Waals surface area contributed by atoms with Crippen molar-refractivity contribution in [1.29, 1.82) is 0 Å². The van der Waals surface area contributed by atoms with Crippen LogP contribution in [0.25, 0.3) is 10.8 Å². The third-order valence-corrected chi connectivity index (χ3v) is 5.15. The molecule has 0 amide bonds. The van der Waals surface area contributed by atoms with Gasteiger partial charge >= 0.3 is 6.36 Å². The van der Waals surface area contributed by atoms with Crippen LogP contribution in [-0.2, 0) is 0 Å². The summed E-state index contributed by atoms with van der Waals surface area (Å²) >= 11 is 0. The van der Waals surface area contributed by atoms with Crippen molar-refractivity contribution in [1.82, 2.24) is 0 Å². The van der Waals surface area contributed by atoms with Crippen molar-refractivity contribution in [2.45, 2.75) is 32.2 Å². The highest BCUT2D eigenvalue weighted by Crippen LogP contribution is 2.28. The largest absolute Gasteiger partial charge is 0.573 e. The van der Waals surface area contributed by atoms with Crippen LogP contribution < -0.4 is 14.4 Å². The number of halogens is 3. The first-order valence-corrected chi connectivity index (χ1v) is 9.64. The van der Waals surface area contributed by atoms with Gasteiger partial charge < -0.3 is 14.4 Å². The summed E-state index contributed by atoms with van der Waals surface area (Å²) in [5.74, 6) is 0.310. The maximum absolute atomic E-state index is 12.2. The number of ether oxygens (including phenoxy) is 2. The van der Waals surface area contributed by atoms with Gasteiger partial charge in [-0.1, -0.05) is 29.8 Å². The Balaban J connectivity index is 1.34. The van der Waals surface area contributed by atoms with Crippen LogP contribution in [-0.4, -0.2) is 25.6 Å². The molecule has 1 aliphatic heterocycles. The number of fused-ring (bicyclic) bond motifs is 1. The first kappa shape index (κ1) is 19.4. The van der Waals surface area contributed by atoms with E-state index < -0.39 is 6.36 Å². The van der Waals surface area contributed by atoms with Crippen LogP contribution in [0.5, 0.6) is 11.5 Å². The Hall–Kier alpha value is -2.89. The summed E-state index contributed by atoms with van der Waals surface area (Å²) in [4.78, 5) is 2.35. The Morgan fingerprint density at radius 2 is 1.45 bits per heavy atom. The van der Waals surface area contributed by atoms with Gasteiger partial charge in [-0.15, -0.1) is 13.2 Å². The van der Waals surface area contributed by atoms with E-state index in [1.165, 1.54) is 46.3 Å². The molecule has 0 spiro atoms. The van der Waals surface area contributed by atoms with Crippen molar-refractivity contribution >= 4 is 16.5 Å². The smallest absolute Gasteiger partial charge is 0.490 e. The van der Waals surface area contributed by atoms with E-state index in [1.54, 1.807) is 0 Å². The van der Waals surface area contributed by atoms with Crippen LogP contribution in [0.15, 0.2) is 60.7 Å². The van der Waals surface area contributed by atoms with Crippen molar-refractivity contribution < 1.29 is 22.6 Å². The molecule has 0 N–H and O–H groups in total. The van der Waals surface area contributed by atoms with Crippen LogP contribution in [0.1, 0.15) is 18.4 Å². The molecule has 3 aromatic carbocycles. The molecule has 4 rings (SSSR count). The number of nitrogens with zero attached hydrogens (tertiary/aromatic N) is 1. The van der Waals surface area contributed by atoms with E-state index in [0.717, 1.165) is 25.9 Å². The average Bonchev–Trinajstić information content (AvgIpc) is 2.69. The van der Waals surface area contributed by atoms with Crippen molar-refractivity contribution in [2.24, 2.45) is 0 Å². The molecular weight excluding hydrogens is 379 g/mol. The summed E-state index contributed by atoms with van der Waals surface area (Å²) in [6, 6.07) is 18.6. The van der Waals surface area contributed by atoms with E-state index in [2.05, 4.69) is 53.0 Å². The summed E-state index contributed by atoms with van der Waals surface area (Å²) in [5.41, 5.74) is 2.45. The minimum atomic E-state index is -4.68. The van der Waals surface area contributed by atoms with Gasteiger partial charge in [-0.05, 0) is 54.1 Å². The lowest BCUT2D eigenvalue weighted by molar-refractivity contribution is -0.274. The van der Waals surface area contributed by atoms with Crippen LogP contribution in [0, 0.1) is 6.92 Å². The Morgan fingerprint density at radius 1 is 0.828 bits per heavy atom. The van der Waals surface area contributed by atoms with Gasteiger partial charge in [-0.2, -0.15) is 0 Å². The molecule has 0 atom stereocenters. The third kappa shape index (κ3) is 4.94. The van der Waals surface area contributed by atoms with E-state index in [9.17, 15) is 13.2 Å². The Bertz CT molecular complexity index is 978. The van der Waals surface area contributed by atoms with Gasteiger partial charge in [0.15, 0.2) is 0 Å². The fourth-order valence-corrected chi connectivity index (χ4v) is 3.69. The second-order valence-corrected chi connectivity index (χ2v) is 7.36. The summed E-state index contributed by atoms with van der Waals surface area (Å²) in [5, 5.41) is 2.47. The normalized spacial score (nSPS) is 15.5. The molecule has 152 valence electrons. The first-order chi connectivity index (χ1) is 13.9. The second kappa shape index (κ2) is 7.85. The molecule has 1 fully saturated rings. The molecule has 1 heterocycles. The maximum atomic E-state index is 12.2. The minimum absolute atomic E-state index is 0.0451. The number of alkyl halides is 3. The summed E-state index contributed by atoms with van der Waals surface area (Å²) < 4.78 is 46.5. The van der Waals surface area contributed by atoms with E-state index >= 15 is 0 Å². The molecule has 0 radical (unpaired) electrons. The average molecular weight is 401 g/mol. The van der Waals surface area contributed by atoms with E-state index in [1.807, 2.05) is 0 Å². The summed E-state index contributed by atoms with van der Waals surface area (Å²) in [6.07, 6.45) is -2.93. The molecule has 1 aliphatic rings. The Labute approximate surface area is 167 Å². The standard InChI is InChI=1S/C23H22F3NO2/c1-16-2-3-18-15-19(5-4-17(18)14-16)27-12-10-21(11-13-27)28-20-6-8-22(9-7-20)29-23(24,25)26/h2-9,14-15,21H,10-13H2,1H3. The molecule has 0 saturated carbocycles. The summed E-state index contributed by atoms with van der Waals surface area (Å²) in [7, 11) is 0. The van der Waals surface area contributed by atoms with E-state index in [4.69, 9.17) is 4.74 Å². The number of piperidine rings is 1. The molecule has 3 aromatic rings. The quantitative estimate of drug-likeness (QED) is 0.528. The number of hydrogen-bond donors (Lipinski definition) is 0. The van der Waals surface area contributed by atoms with Crippen LogP contribution in [0.4, 0.5) is 18.9 Å². The predicted molar refractivity (Wildman–Crippen MR) is 108 cm³/mol. The molecule has 3 nitrogen and oxygen atoms in total. The lowest BCUT2D eigenvalue weighted by Gasteiger charge is -2.34. The molecule has 1 saturated heterocycles. The molecule has 0 aromatic heterocycles. The topological polar surface area (TPSA) is 21.7 Å². The third-order valence-electron chi connectivity index (χ3n) is 5.15. The van der Waals surface area contributed by atoms with Crippen molar-refractivity contribution in [3.63, 3.8) is 0 Å². The summed E-state index contributed by atoms with van der Waals surface area (Å²) in [6.45, 7) is 3.84. The van der Waals surface area contributed by atoms with E-state index in [0.29, 0.717) is 5.75 Å². The number of benzene rings is 3. The zero-order valence-electron chi connectivity index (χ0n) is 16.1. The zero-order chi connectivity index (χ0) is 20.4. The Kier molecular flexibility index (Phi) is 5.26. The van der Waals surface area contributed by atoms with Gasteiger partial charge in [-0.25, -0.2) is 0 Å². The van der Waals surface area contributed by atoms with Gasteiger partial charge in [0.25, 0.3) is 0 Å². The number of rotatable bonds is 4. The van der Waals surface area contributed by atoms with Crippen molar-refractivity contribution in [3.05, 3.63) is 66.2 Å². The first-order valence-electron chi connectivity index (χ1n) is 9.64. The molecule has 0 unspecified atom stereocenters. The van der Waals surface area contributed by atoms with Gasteiger partial charge in [0.1, 0.15) is 17.6 Å².